The van der Waals surface area contributed by atoms with E-state index in [9.17, 15) is 4.79 Å². The number of fused-ring (bicyclic) bond motifs is 1. The quantitative estimate of drug-likeness (QED) is 0.579. The smallest absolute Gasteiger partial charge is 0.249 e. The van der Waals surface area contributed by atoms with Crippen molar-refractivity contribution in [1.29, 1.82) is 0 Å². The predicted molar refractivity (Wildman–Crippen MR) is 81.4 cm³/mol. The minimum absolute atomic E-state index is 0. The first-order valence-corrected chi connectivity index (χ1v) is 7.03. The van der Waals surface area contributed by atoms with Crippen molar-refractivity contribution in [3.05, 3.63) is 41.7 Å². The molecular formula is C15H15N6OW-. The molecule has 0 spiro atoms. The van der Waals surface area contributed by atoms with Gasteiger partial charge in [0.2, 0.25) is 11.9 Å². The maximum Gasteiger partial charge on any atom is 0.249 e. The van der Waals surface area contributed by atoms with E-state index in [1.54, 1.807) is 23.1 Å². The Balaban J connectivity index is 0.00000192. The molecule has 1 aromatic carbocycles. The Morgan fingerprint density at radius 3 is 3.04 bits per heavy atom. The van der Waals surface area contributed by atoms with Crippen LogP contribution in [0.5, 0.6) is 0 Å². The third kappa shape index (κ3) is 3.45. The number of tetrazole rings is 1. The molecule has 1 N–H and O–H groups in total. The minimum Gasteiger partial charge on any atom is -0.297 e. The summed E-state index contributed by atoms with van der Waals surface area (Å²) in [6.07, 6.45) is 4.32. The summed E-state index contributed by atoms with van der Waals surface area (Å²) in [6, 6.07) is 6.65. The van der Waals surface area contributed by atoms with Crippen LogP contribution in [0.15, 0.2) is 24.5 Å². The van der Waals surface area contributed by atoms with Crippen LogP contribution < -0.4 is 5.32 Å². The number of anilines is 1. The normalized spacial score (nSPS) is 10.3. The number of carbonyl (C=O) groups excluding carboxylic acids is 1. The Morgan fingerprint density at radius 2 is 2.26 bits per heavy atom. The standard InChI is InChI=1S/C15H15N6O.W/c1-3-8-21-15(18-19-20-21)17-14(22)12-5-4-11-6-7-16-9-13(11)10(12)2;/h5-7,9H,3,8H2,1-2H3,(H,17,18,20,22);/q-1;. The van der Waals surface area contributed by atoms with E-state index in [0.717, 1.165) is 22.8 Å². The number of hydrogen-bond donors (Lipinski definition) is 1. The molecule has 2 heterocycles. The van der Waals surface area contributed by atoms with Crippen LogP contribution in [0.2, 0.25) is 0 Å². The van der Waals surface area contributed by atoms with Gasteiger partial charge in [0.1, 0.15) is 0 Å². The molecule has 118 valence electrons. The molecule has 0 aliphatic carbocycles. The number of rotatable bonds is 4. The molecule has 0 saturated carbocycles. The summed E-state index contributed by atoms with van der Waals surface area (Å²) in [6.45, 7) is 4.56. The SMILES string of the molecule is CCCn1nnnc1NC(=O)c1c[c-]c2ccncc2c1C.[W]. The maximum absolute atomic E-state index is 12.5. The molecule has 0 radical (unpaired) electrons. The van der Waals surface area contributed by atoms with Crippen LogP contribution in [-0.2, 0) is 27.6 Å². The van der Waals surface area contributed by atoms with Gasteiger partial charge in [-0.15, -0.1) is 29.1 Å². The fourth-order valence-corrected chi connectivity index (χ4v) is 2.28. The Labute approximate surface area is 147 Å². The van der Waals surface area contributed by atoms with Gasteiger partial charge in [0.05, 0.1) is 0 Å². The number of benzene rings is 1. The van der Waals surface area contributed by atoms with Gasteiger partial charge in [-0.3, -0.25) is 15.1 Å². The van der Waals surface area contributed by atoms with Crippen LogP contribution >= 0.6 is 0 Å². The minimum atomic E-state index is -0.258. The van der Waals surface area contributed by atoms with Crippen molar-refractivity contribution in [2.75, 3.05) is 5.32 Å². The van der Waals surface area contributed by atoms with Crippen molar-refractivity contribution in [3.8, 4) is 0 Å². The summed E-state index contributed by atoms with van der Waals surface area (Å²) < 4.78 is 1.57. The molecule has 0 aliphatic heterocycles. The van der Waals surface area contributed by atoms with E-state index in [1.807, 2.05) is 19.9 Å². The summed E-state index contributed by atoms with van der Waals surface area (Å²) >= 11 is 0. The molecule has 1 amide bonds. The van der Waals surface area contributed by atoms with Crippen LogP contribution in [0, 0.1) is 13.0 Å². The third-order valence-electron chi connectivity index (χ3n) is 3.44. The number of hydrogen-bond acceptors (Lipinski definition) is 5. The molecule has 0 atom stereocenters. The van der Waals surface area contributed by atoms with Crippen LogP contribution in [0.25, 0.3) is 10.8 Å². The largest absolute Gasteiger partial charge is 0.297 e. The molecule has 0 unspecified atom stereocenters. The molecule has 0 bridgehead atoms. The van der Waals surface area contributed by atoms with Gasteiger partial charge in [0, 0.05) is 27.6 Å². The number of aromatic nitrogens is 5. The van der Waals surface area contributed by atoms with Gasteiger partial charge in [-0.05, 0) is 34.8 Å². The zero-order valence-electron chi connectivity index (χ0n) is 12.8. The van der Waals surface area contributed by atoms with Crippen molar-refractivity contribution in [3.63, 3.8) is 0 Å². The maximum atomic E-state index is 12.5. The molecule has 2 aromatic heterocycles. The fraction of sp³-hybridized carbons (Fsp3) is 0.267. The van der Waals surface area contributed by atoms with Crippen LogP contribution in [0.3, 0.4) is 0 Å². The van der Waals surface area contributed by atoms with E-state index < -0.39 is 0 Å². The van der Waals surface area contributed by atoms with Crippen molar-refractivity contribution in [2.45, 2.75) is 26.8 Å². The first kappa shape index (κ1) is 17.2. The van der Waals surface area contributed by atoms with Gasteiger partial charge in [-0.25, -0.2) is 4.68 Å². The van der Waals surface area contributed by atoms with Gasteiger partial charge in [0.25, 0.3) is 0 Å². The number of aryl methyl sites for hydroxylation is 2. The molecule has 0 aliphatic rings. The molecule has 7 nitrogen and oxygen atoms in total. The number of nitrogens with zero attached hydrogens (tertiary/aromatic N) is 5. The number of amides is 1. The summed E-state index contributed by atoms with van der Waals surface area (Å²) in [4.78, 5) is 16.6. The summed E-state index contributed by atoms with van der Waals surface area (Å²) in [5.74, 6) is 0.0872. The third-order valence-corrected chi connectivity index (χ3v) is 3.44. The predicted octanol–water partition coefficient (Wildman–Crippen LogP) is 1.99. The Hall–Kier alpha value is -2.14. The zero-order valence-corrected chi connectivity index (χ0v) is 15.7. The molecule has 0 saturated heterocycles. The summed E-state index contributed by atoms with van der Waals surface area (Å²) in [7, 11) is 0. The second kappa shape index (κ2) is 7.42. The van der Waals surface area contributed by atoms with E-state index in [0.29, 0.717) is 18.1 Å². The molecule has 0 fully saturated rings. The van der Waals surface area contributed by atoms with E-state index in [2.05, 4.69) is 31.9 Å². The Morgan fingerprint density at radius 1 is 1.43 bits per heavy atom. The summed E-state index contributed by atoms with van der Waals surface area (Å²) in [5.41, 5.74) is 1.39. The average Bonchev–Trinajstić information content (AvgIpc) is 2.95. The monoisotopic (exact) mass is 479 g/mol. The summed E-state index contributed by atoms with van der Waals surface area (Å²) in [5, 5.41) is 15.9. The van der Waals surface area contributed by atoms with Crippen molar-refractivity contribution < 1.29 is 25.9 Å². The van der Waals surface area contributed by atoms with Gasteiger partial charge in [0.15, 0.2) is 0 Å². The first-order valence-electron chi connectivity index (χ1n) is 7.03. The van der Waals surface area contributed by atoms with Crippen LogP contribution in [0.1, 0.15) is 29.3 Å². The Bertz CT molecular complexity index is 832. The Kier molecular flexibility index (Phi) is 5.55. The fourth-order valence-electron chi connectivity index (χ4n) is 2.28. The van der Waals surface area contributed by atoms with E-state index in [4.69, 9.17) is 0 Å². The van der Waals surface area contributed by atoms with E-state index in [-0.39, 0.29) is 27.0 Å². The van der Waals surface area contributed by atoms with Crippen molar-refractivity contribution >= 4 is 22.6 Å². The number of carbonyl (C=O) groups is 1. The van der Waals surface area contributed by atoms with Crippen molar-refractivity contribution in [1.82, 2.24) is 25.2 Å². The average molecular weight is 479 g/mol. The van der Waals surface area contributed by atoms with Crippen molar-refractivity contribution in [2.24, 2.45) is 0 Å². The van der Waals surface area contributed by atoms with E-state index in [1.165, 1.54) is 0 Å². The van der Waals surface area contributed by atoms with Crippen LogP contribution in [0.4, 0.5) is 5.95 Å². The van der Waals surface area contributed by atoms with Gasteiger partial charge in [-0.1, -0.05) is 24.3 Å². The van der Waals surface area contributed by atoms with Gasteiger partial charge >= 0.3 is 0 Å². The molecule has 3 rings (SSSR count). The second-order valence-electron chi connectivity index (χ2n) is 4.93. The van der Waals surface area contributed by atoms with E-state index >= 15 is 0 Å². The molecule has 3 aromatic rings. The van der Waals surface area contributed by atoms with Crippen LogP contribution in [-0.4, -0.2) is 31.1 Å². The van der Waals surface area contributed by atoms with Gasteiger partial charge in [-0.2, -0.15) is 0 Å². The molecule has 23 heavy (non-hydrogen) atoms. The topological polar surface area (TPSA) is 85.6 Å². The number of pyridine rings is 1. The zero-order chi connectivity index (χ0) is 15.5. The first-order chi connectivity index (χ1) is 10.7. The number of nitrogens with one attached hydrogen (secondary N) is 1. The molecular weight excluding hydrogens is 464 g/mol. The molecule has 8 heteroatoms. The van der Waals surface area contributed by atoms with Gasteiger partial charge < -0.3 is 0 Å². The second-order valence-corrected chi connectivity index (χ2v) is 4.93.